The molecule has 0 bridgehead atoms. The Hall–Kier alpha value is -3.26. The number of benzene rings is 2. The van der Waals surface area contributed by atoms with Crippen molar-refractivity contribution in [3.05, 3.63) is 70.9 Å². The second kappa shape index (κ2) is 7.96. The number of hydrogen-bond donors (Lipinski definition) is 2. The number of hydrogen-bond acceptors (Lipinski definition) is 6. The number of rotatable bonds is 5. The number of carbonyl (C=O) groups excluding carboxylic acids is 1. The van der Waals surface area contributed by atoms with Crippen LogP contribution in [0.5, 0.6) is 0 Å². The average molecular weight is 391 g/mol. The molecule has 0 aliphatic carbocycles. The zero-order valence-corrected chi connectivity index (χ0v) is 14.7. The Balaban J connectivity index is 1.85. The molecule has 27 heavy (non-hydrogen) atoms. The first-order chi connectivity index (χ1) is 13.0. The van der Waals surface area contributed by atoms with Gasteiger partial charge in [-0.1, -0.05) is 17.7 Å². The van der Waals surface area contributed by atoms with Gasteiger partial charge in [-0.25, -0.2) is 18.6 Å². The second-order valence-corrected chi connectivity index (χ2v) is 5.71. The van der Waals surface area contributed by atoms with Gasteiger partial charge in [-0.15, -0.1) is 0 Å². The molecule has 0 aliphatic rings. The van der Waals surface area contributed by atoms with Crippen LogP contribution in [0.1, 0.15) is 10.4 Å². The van der Waals surface area contributed by atoms with Crippen molar-refractivity contribution in [2.24, 2.45) is 0 Å². The minimum Gasteiger partial charge on any atom is -0.465 e. The Morgan fingerprint density at radius 2 is 1.85 bits per heavy atom. The van der Waals surface area contributed by atoms with Gasteiger partial charge in [-0.3, -0.25) is 0 Å². The average Bonchev–Trinajstić information content (AvgIpc) is 2.66. The van der Waals surface area contributed by atoms with Crippen molar-refractivity contribution in [1.82, 2.24) is 9.97 Å². The molecule has 3 rings (SSSR count). The Kier molecular flexibility index (Phi) is 5.46. The van der Waals surface area contributed by atoms with E-state index in [0.717, 1.165) is 12.1 Å². The molecule has 0 amide bonds. The number of para-hydroxylation sites is 1. The molecular weight excluding hydrogens is 378 g/mol. The Morgan fingerprint density at radius 1 is 1.11 bits per heavy atom. The lowest BCUT2D eigenvalue weighted by atomic mass is 10.2. The lowest BCUT2D eigenvalue weighted by molar-refractivity contribution is 0.0601. The second-order valence-electron chi connectivity index (χ2n) is 5.30. The van der Waals surface area contributed by atoms with Gasteiger partial charge < -0.3 is 15.4 Å². The smallest absolute Gasteiger partial charge is 0.337 e. The van der Waals surface area contributed by atoms with Gasteiger partial charge in [0.2, 0.25) is 5.95 Å². The van der Waals surface area contributed by atoms with Crippen molar-refractivity contribution < 1.29 is 18.3 Å². The summed E-state index contributed by atoms with van der Waals surface area (Å²) in [5.74, 6) is -1.76. The van der Waals surface area contributed by atoms with E-state index in [0.29, 0.717) is 10.7 Å². The zero-order valence-electron chi connectivity index (χ0n) is 14.0. The highest BCUT2D eigenvalue weighted by atomic mass is 35.5. The number of aromatic nitrogens is 2. The molecule has 9 heteroatoms. The third-order valence-electron chi connectivity index (χ3n) is 3.51. The number of nitrogens with one attached hydrogen (secondary N) is 2. The SMILES string of the molecule is COC(=O)c1ccc(Cl)c(Nc2nccc(Nc3c(F)cccc3F)n2)c1. The molecule has 2 aromatic carbocycles. The summed E-state index contributed by atoms with van der Waals surface area (Å²) in [4.78, 5) is 19.8. The van der Waals surface area contributed by atoms with Crippen LogP contribution < -0.4 is 10.6 Å². The maximum absolute atomic E-state index is 13.8. The van der Waals surface area contributed by atoms with E-state index in [4.69, 9.17) is 11.6 Å². The lowest BCUT2D eigenvalue weighted by Crippen LogP contribution is -2.05. The number of ether oxygens (including phenoxy) is 1. The van der Waals surface area contributed by atoms with Crippen LogP contribution in [-0.2, 0) is 4.74 Å². The Labute approximate surface area is 158 Å². The first kappa shape index (κ1) is 18.5. The Bertz CT molecular complexity index is 981. The topological polar surface area (TPSA) is 76.1 Å². The van der Waals surface area contributed by atoms with Crippen LogP contribution in [0.4, 0.5) is 31.9 Å². The predicted molar refractivity (Wildman–Crippen MR) is 97.7 cm³/mol. The highest BCUT2D eigenvalue weighted by molar-refractivity contribution is 6.33. The predicted octanol–water partition coefficient (Wildman–Crippen LogP) is 4.68. The molecule has 0 saturated heterocycles. The van der Waals surface area contributed by atoms with Crippen molar-refractivity contribution in [3.8, 4) is 0 Å². The van der Waals surface area contributed by atoms with Crippen LogP contribution in [0.2, 0.25) is 5.02 Å². The molecule has 6 nitrogen and oxygen atoms in total. The molecule has 138 valence electrons. The number of carbonyl (C=O) groups is 1. The van der Waals surface area contributed by atoms with E-state index in [2.05, 4.69) is 25.3 Å². The standard InChI is InChI=1S/C18H13ClF2N4O2/c1-27-17(26)10-5-6-11(19)14(9-10)23-18-22-8-7-15(25-18)24-16-12(20)3-2-4-13(16)21/h2-9H,1H3,(H2,22,23,24,25). The summed E-state index contributed by atoms with van der Waals surface area (Å²) in [7, 11) is 1.27. The molecular formula is C18H13ClF2N4O2. The van der Waals surface area contributed by atoms with Gasteiger partial charge in [0.25, 0.3) is 0 Å². The quantitative estimate of drug-likeness (QED) is 0.616. The summed E-state index contributed by atoms with van der Waals surface area (Å²) in [6.45, 7) is 0. The minimum atomic E-state index is -0.753. The van der Waals surface area contributed by atoms with Gasteiger partial charge in [0, 0.05) is 6.20 Å². The number of halogens is 3. The van der Waals surface area contributed by atoms with E-state index in [-0.39, 0.29) is 23.0 Å². The van der Waals surface area contributed by atoms with E-state index in [1.807, 2.05) is 0 Å². The summed E-state index contributed by atoms with van der Waals surface area (Å²) in [6.07, 6.45) is 1.40. The molecule has 0 fully saturated rings. The van der Waals surface area contributed by atoms with E-state index in [1.54, 1.807) is 0 Å². The first-order valence-corrected chi connectivity index (χ1v) is 8.04. The molecule has 3 aromatic rings. The third kappa shape index (κ3) is 4.29. The van der Waals surface area contributed by atoms with Crippen molar-refractivity contribution in [1.29, 1.82) is 0 Å². The van der Waals surface area contributed by atoms with Crippen molar-refractivity contribution >= 4 is 40.7 Å². The summed E-state index contributed by atoms with van der Waals surface area (Å²) >= 11 is 6.12. The maximum atomic E-state index is 13.8. The fourth-order valence-electron chi connectivity index (χ4n) is 2.22. The Morgan fingerprint density at radius 3 is 2.56 bits per heavy atom. The van der Waals surface area contributed by atoms with E-state index >= 15 is 0 Å². The van der Waals surface area contributed by atoms with Gasteiger partial charge >= 0.3 is 5.97 Å². The summed E-state index contributed by atoms with van der Waals surface area (Å²) in [6, 6.07) is 9.48. The highest BCUT2D eigenvalue weighted by Crippen LogP contribution is 2.27. The van der Waals surface area contributed by atoms with Crippen LogP contribution in [0, 0.1) is 11.6 Å². The van der Waals surface area contributed by atoms with Gasteiger partial charge in [0.05, 0.1) is 23.4 Å². The minimum absolute atomic E-state index is 0.112. The van der Waals surface area contributed by atoms with Gasteiger partial charge in [0.15, 0.2) is 0 Å². The van der Waals surface area contributed by atoms with Crippen LogP contribution in [0.25, 0.3) is 0 Å². The monoisotopic (exact) mass is 390 g/mol. The summed E-state index contributed by atoms with van der Waals surface area (Å²) in [5, 5.41) is 5.75. The molecule has 1 aromatic heterocycles. The zero-order chi connectivity index (χ0) is 19.4. The fraction of sp³-hybridized carbons (Fsp3) is 0.0556. The molecule has 0 unspecified atom stereocenters. The number of anilines is 4. The van der Waals surface area contributed by atoms with Crippen LogP contribution in [0.3, 0.4) is 0 Å². The largest absolute Gasteiger partial charge is 0.465 e. The molecule has 1 heterocycles. The number of methoxy groups -OCH3 is 1. The van der Waals surface area contributed by atoms with Crippen LogP contribution >= 0.6 is 11.6 Å². The van der Waals surface area contributed by atoms with Gasteiger partial charge in [-0.05, 0) is 36.4 Å². The molecule has 2 N–H and O–H groups in total. The fourth-order valence-corrected chi connectivity index (χ4v) is 2.38. The van der Waals surface area contributed by atoms with Crippen molar-refractivity contribution in [2.45, 2.75) is 0 Å². The van der Waals surface area contributed by atoms with Gasteiger partial charge in [0.1, 0.15) is 23.1 Å². The van der Waals surface area contributed by atoms with Crippen LogP contribution in [-0.4, -0.2) is 23.0 Å². The maximum Gasteiger partial charge on any atom is 0.337 e. The molecule has 0 atom stereocenters. The van der Waals surface area contributed by atoms with Gasteiger partial charge in [-0.2, -0.15) is 4.98 Å². The van der Waals surface area contributed by atoms with E-state index < -0.39 is 17.6 Å². The number of esters is 1. The van der Waals surface area contributed by atoms with E-state index in [9.17, 15) is 13.6 Å². The first-order valence-electron chi connectivity index (χ1n) is 7.67. The lowest BCUT2D eigenvalue weighted by Gasteiger charge is -2.11. The molecule has 0 aliphatic heterocycles. The van der Waals surface area contributed by atoms with Crippen LogP contribution in [0.15, 0.2) is 48.7 Å². The highest BCUT2D eigenvalue weighted by Gasteiger charge is 2.12. The molecule has 0 radical (unpaired) electrons. The summed E-state index contributed by atoms with van der Waals surface area (Å²) in [5.41, 5.74) is 0.328. The molecule has 0 spiro atoms. The summed E-state index contributed by atoms with van der Waals surface area (Å²) < 4.78 is 32.2. The van der Waals surface area contributed by atoms with E-state index in [1.165, 1.54) is 43.6 Å². The van der Waals surface area contributed by atoms with Crippen molar-refractivity contribution in [2.75, 3.05) is 17.7 Å². The normalized spacial score (nSPS) is 10.4. The number of nitrogens with zero attached hydrogens (tertiary/aromatic N) is 2. The van der Waals surface area contributed by atoms with Crippen molar-refractivity contribution in [3.63, 3.8) is 0 Å². The molecule has 0 saturated carbocycles. The third-order valence-corrected chi connectivity index (χ3v) is 3.83.